The van der Waals surface area contributed by atoms with Gasteiger partial charge >= 0.3 is 0 Å². The van der Waals surface area contributed by atoms with Crippen LogP contribution in [0.5, 0.6) is 0 Å². The number of aryl methyl sites for hydroxylation is 2. The number of hydrogen-bond acceptors (Lipinski definition) is 3. The van der Waals surface area contributed by atoms with Crippen LogP contribution >= 0.6 is 11.6 Å². The van der Waals surface area contributed by atoms with Crippen LogP contribution in [0.1, 0.15) is 22.8 Å². The van der Waals surface area contributed by atoms with Crippen LogP contribution in [0, 0.1) is 13.8 Å². The normalized spacial score (nSPS) is 11.2. The molecule has 0 aliphatic carbocycles. The molecule has 4 nitrogen and oxygen atoms in total. The van der Waals surface area contributed by atoms with Gasteiger partial charge in [0.15, 0.2) is 0 Å². The first-order chi connectivity index (χ1) is 9.67. The van der Waals surface area contributed by atoms with Gasteiger partial charge in [0.25, 0.3) is 0 Å². The SMILES string of the molecule is Cc1ccc2c(c1)nc(CCl)n2Cc1cnc(C)cn1. The lowest BCUT2D eigenvalue weighted by Gasteiger charge is -2.07. The molecule has 20 heavy (non-hydrogen) atoms. The Morgan fingerprint density at radius 1 is 1.15 bits per heavy atom. The van der Waals surface area contributed by atoms with Crippen LogP contribution < -0.4 is 0 Å². The summed E-state index contributed by atoms with van der Waals surface area (Å²) < 4.78 is 2.10. The summed E-state index contributed by atoms with van der Waals surface area (Å²) in [5, 5.41) is 0. The highest BCUT2D eigenvalue weighted by Crippen LogP contribution is 2.20. The van der Waals surface area contributed by atoms with E-state index in [0.717, 1.165) is 28.2 Å². The van der Waals surface area contributed by atoms with E-state index < -0.39 is 0 Å². The summed E-state index contributed by atoms with van der Waals surface area (Å²) in [5.74, 6) is 1.24. The molecule has 0 saturated heterocycles. The van der Waals surface area contributed by atoms with Crippen molar-refractivity contribution in [1.82, 2.24) is 19.5 Å². The topological polar surface area (TPSA) is 43.6 Å². The van der Waals surface area contributed by atoms with Crippen LogP contribution in [0.25, 0.3) is 11.0 Å². The largest absolute Gasteiger partial charge is 0.321 e. The van der Waals surface area contributed by atoms with E-state index in [-0.39, 0.29) is 0 Å². The molecular formula is C15H15ClN4. The lowest BCUT2D eigenvalue weighted by atomic mass is 10.2. The van der Waals surface area contributed by atoms with Crippen molar-refractivity contribution < 1.29 is 0 Å². The quantitative estimate of drug-likeness (QED) is 0.694. The molecule has 0 bridgehead atoms. The van der Waals surface area contributed by atoms with Gasteiger partial charge in [-0.1, -0.05) is 6.07 Å². The summed E-state index contributed by atoms with van der Waals surface area (Å²) in [6.45, 7) is 4.62. The summed E-state index contributed by atoms with van der Waals surface area (Å²) in [6.07, 6.45) is 3.58. The number of aromatic nitrogens is 4. The highest BCUT2D eigenvalue weighted by molar-refractivity contribution is 6.16. The van der Waals surface area contributed by atoms with Crippen LogP contribution in [0.4, 0.5) is 0 Å². The molecule has 2 aromatic heterocycles. The first-order valence-electron chi connectivity index (χ1n) is 6.46. The van der Waals surface area contributed by atoms with Crippen molar-refractivity contribution in [2.24, 2.45) is 0 Å². The zero-order valence-electron chi connectivity index (χ0n) is 11.5. The molecule has 3 aromatic rings. The number of halogens is 1. The standard InChI is InChI=1S/C15H15ClN4/c1-10-3-4-14-13(5-10)19-15(6-16)20(14)9-12-8-17-11(2)7-18-12/h3-5,7-8H,6,9H2,1-2H3. The summed E-state index contributed by atoms with van der Waals surface area (Å²) in [7, 11) is 0. The fourth-order valence-corrected chi connectivity index (χ4v) is 2.44. The van der Waals surface area contributed by atoms with Crippen LogP contribution in [-0.2, 0) is 12.4 Å². The molecule has 5 heteroatoms. The molecule has 0 radical (unpaired) electrons. The molecule has 0 amide bonds. The second-order valence-electron chi connectivity index (χ2n) is 4.89. The third kappa shape index (κ3) is 2.39. The molecule has 3 rings (SSSR count). The molecule has 0 N–H and O–H groups in total. The minimum absolute atomic E-state index is 0.382. The van der Waals surface area contributed by atoms with Crippen molar-refractivity contribution in [2.75, 3.05) is 0 Å². The van der Waals surface area contributed by atoms with Gasteiger partial charge in [0.1, 0.15) is 5.82 Å². The highest BCUT2D eigenvalue weighted by Gasteiger charge is 2.11. The number of fused-ring (bicyclic) bond motifs is 1. The predicted molar refractivity (Wildman–Crippen MR) is 79.9 cm³/mol. The predicted octanol–water partition coefficient (Wildman–Crippen LogP) is 3.23. The third-order valence-corrected chi connectivity index (χ3v) is 3.50. The highest BCUT2D eigenvalue weighted by atomic mass is 35.5. The molecule has 0 unspecified atom stereocenters. The monoisotopic (exact) mass is 286 g/mol. The Hall–Kier alpha value is -1.94. The Morgan fingerprint density at radius 3 is 2.70 bits per heavy atom. The fraction of sp³-hybridized carbons (Fsp3) is 0.267. The van der Waals surface area contributed by atoms with E-state index in [1.165, 1.54) is 5.56 Å². The van der Waals surface area contributed by atoms with Gasteiger partial charge in [0.2, 0.25) is 0 Å². The first-order valence-corrected chi connectivity index (χ1v) is 7.00. The average molecular weight is 287 g/mol. The number of imidazole rings is 1. The van der Waals surface area contributed by atoms with Gasteiger partial charge in [-0.2, -0.15) is 0 Å². The van der Waals surface area contributed by atoms with Gasteiger partial charge in [-0.25, -0.2) is 4.98 Å². The Labute approximate surface area is 122 Å². The maximum Gasteiger partial charge on any atom is 0.125 e. The van der Waals surface area contributed by atoms with Gasteiger partial charge in [0, 0.05) is 6.20 Å². The van der Waals surface area contributed by atoms with E-state index in [1.807, 2.05) is 6.92 Å². The van der Waals surface area contributed by atoms with Crippen molar-refractivity contribution >= 4 is 22.6 Å². The van der Waals surface area contributed by atoms with E-state index in [1.54, 1.807) is 12.4 Å². The van der Waals surface area contributed by atoms with E-state index >= 15 is 0 Å². The van der Waals surface area contributed by atoms with E-state index in [0.29, 0.717) is 12.4 Å². The zero-order valence-corrected chi connectivity index (χ0v) is 12.2. The molecule has 0 fully saturated rings. The van der Waals surface area contributed by atoms with Gasteiger partial charge < -0.3 is 4.57 Å². The molecule has 0 atom stereocenters. The first kappa shape index (κ1) is 13.1. The maximum absolute atomic E-state index is 6.02. The molecule has 2 heterocycles. The Morgan fingerprint density at radius 2 is 2.00 bits per heavy atom. The van der Waals surface area contributed by atoms with Gasteiger partial charge in [0.05, 0.1) is 41.0 Å². The minimum atomic E-state index is 0.382. The number of alkyl halides is 1. The molecule has 0 saturated carbocycles. The smallest absolute Gasteiger partial charge is 0.125 e. The van der Waals surface area contributed by atoms with E-state index in [2.05, 4.69) is 44.6 Å². The van der Waals surface area contributed by atoms with Gasteiger partial charge in [-0.15, -0.1) is 11.6 Å². The van der Waals surface area contributed by atoms with Crippen molar-refractivity contribution in [3.63, 3.8) is 0 Å². The summed E-state index contributed by atoms with van der Waals surface area (Å²) in [6, 6.07) is 6.23. The van der Waals surface area contributed by atoms with Crippen molar-refractivity contribution in [3.8, 4) is 0 Å². The second-order valence-corrected chi connectivity index (χ2v) is 5.16. The summed E-state index contributed by atoms with van der Waals surface area (Å²) >= 11 is 6.02. The zero-order chi connectivity index (χ0) is 14.1. The van der Waals surface area contributed by atoms with Crippen molar-refractivity contribution in [3.05, 3.63) is 53.4 Å². The van der Waals surface area contributed by atoms with E-state index in [4.69, 9.17) is 11.6 Å². The molecular weight excluding hydrogens is 272 g/mol. The summed E-state index contributed by atoms with van der Waals surface area (Å²) in [4.78, 5) is 13.3. The number of rotatable bonds is 3. The lowest BCUT2D eigenvalue weighted by Crippen LogP contribution is -2.06. The average Bonchev–Trinajstić information content (AvgIpc) is 2.78. The van der Waals surface area contributed by atoms with Crippen molar-refractivity contribution in [2.45, 2.75) is 26.3 Å². The third-order valence-electron chi connectivity index (χ3n) is 3.26. The second kappa shape index (κ2) is 5.21. The van der Waals surface area contributed by atoms with Crippen LogP contribution in [0.15, 0.2) is 30.6 Å². The van der Waals surface area contributed by atoms with Gasteiger partial charge in [-0.05, 0) is 31.5 Å². The fourth-order valence-electron chi connectivity index (χ4n) is 2.23. The molecule has 0 aliphatic rings. The molecule has 1 aromatic carbocycles. The Balaban J connectivity index is 2.07. The number of nitrogens with zero attached hydrogens (tertiary/aromatic N) is 4. The molecule has 0 aliphatic heterocycles. The Kier molecular flexibility index (Phi) is 3.40. The van der Waals surface area contributed by atoms with Crippen molar-refractivity contribution in [1.29, 1.82) is 0 Å². The Bertz CT molecular complexity index is 746. The minimum Gasteiger partial charge on any atom is -0.321 e. The summed E-state index contributed by atoms with van der Waals surface area (Å²) in [5.41, 5.74) is 5.06. The number of benzene rings is 1. The number of hydrogen-bond donors (Lipinski definition) is 0. The van der Waals surface area contributed by atoms with Crippen LogP contribution in [0.3, 0.4) is 0 Å². The van der Waals surface area contributed by atoms with Gasteiger partial charge in [-0.3, -0.25) is 9.97 Å². The lowest BCUT2D eigenvalue weighted by molar-refractivity contribution is 0.751. The van der Waals surface area contributed by atoms with E-state index in [9.17, 15) is 0 Å². The van der Waals surface area contributed by atoms with Crippen LogP contribution in [-0.4, -0.2) is 19.5 Å². The maximum atomic E-state index is 6.02. The van der Waals surface area contributed by atoms with Crippen LogP contribution in [0.2, 0.25) is 0 Å². The molecule has 0 spiro atoms. The molecule has 102 valence electrons.